The van der Waals surface area contributed by atoms with E-state index in [9.17, 15) is 9.59 Å². The van der Waals surface area contributed by atoms with Crippen molar-refractivity contribution in [2.24, 2.45) is 0 Å². The number of ether oxygens (including phenoxy) is 1. The van der Waals surface area contributed by atoms with Crippen LogP contribution in [0.3, 0.4) is 0 Å². The van der Waals surface area contributed by atoms with E-state index < -0.39 is 0 Å². The van der Waals surface area contributed by atoms with Gasteiger partial charge in [-0.3, -0.25) is 14.2 Å². The maximum atomic E-state index is 12.6. The van der Waals surface area contributed by atoms with Gasteiger partial charge in [-0.05, 0) is 37.1 Å². The zero-order valence-corrected chi connectivity index (χ0v) is 15.1. The second-order valence-corrected chi connectivity index (χ2v) is 6.97. The van der Waals surface area contributed by atoms with Crippen LogP contribution in [-0.2, 0) is 17.9 Å². The van der Waals surface area contributed by atoms with Crippen LogP contribution in [-0.4, -0.2) is 22.6 Å². The Labute approximate surface area is 149 Å². The molecule has 0 unspecified atom stereocenters. The molecule has 0 bridgehead atoms. The van der Waals surface area contributed by atoms with Crippen LogP contribution in [0.15, 0.2) is 35.4 Å². The van der Waals surface area contributed by atoms with Crippen molar-refractivity contribution < 1.29 is 9.53 Å². The van der Waals surface area contributed by atoms with Crippen LogP contribution in [0.25, 0.3) is 10.2 Å². The second kappa shape index (κ2) is 7.06. The molecule has 130 valence electrons. The minimum Gasteiger partial charge on any atom is -0.497 e. The summed E-state index contributed by atoms with van der Waals surface area (Å²) in [6, 6.07) is 7.45. The first-order valence-corrected chi connectivity index (χ1v) is 8.66. The lowest BCUT2D eigenvalue weighted by Gasteiger charge is -2.08. The minimum atomic E-state index is -0.233. The van der Waals surface area contributed by atoms with Crippen LogP contribution >= 0.6 is 11.3 Å². The first-order valence-electron chi connectivity index (χ1n) is 7.84. The number of aryl methyl sites for hydroxylation is 2. The molecular weight excluding hydrogens is 338 g/mol. The molecular formula is C18H19N3O3S. The van der Waals surface area contributed by atoms with E-state index in [-0.39, 0.29) is 18.0 Å². The molecule has 3 rings (SSSR count). The number of thiophene rings is 1. The number of hydrogen-bond acceptors (Lipinski definition) is 5. The Morgan fingerprint density at radius 2 is 2.00 bits per heavy atom. The van der Waals surface area contributed by atoms with Crippen LogP contribution in [0.5, 0.6) is 5.75 Å². The van der Waals surface area contributed by atoms with Crippen LogP contribution in [0.1, 0.15) is 16.0 Å². The fourth-order valence-corrected chi connectivity index (χ4v) is 3.52. The molecule has 1 amide bonds. The zero-order valence-electron chi connectivity index (χ0n) is 14.3. The first kappa shape index (κ1) is 17.2. The highest BCUT2D eigenvalue weighted by molar-refractivity contribution is 7.18. The van der Waals surface area contributed by atoms with E-state index in [1.165, 1.54) is 22.2 Å². The van der Waals surface area contributed by atoms with Crippen molar-refractivity contribution in [2.45, 2.75) is 26.9 Å². The van der Waals surface area contributed by atoms with Crippen LogP contribution in [0.4, 0.5) is 0 Å². The summed E-state index contributed by atoms with van der Waals surface area (Å²) >= 11 is 1.50. The van der Waals surface area contributed by atoms with Gasteiger partial charge >= 0.3 is 0 Å². The van der Waals surface area contributed by atoms with Gasteiger partial charge in [0.05, 0.1) is 18.8 Å². The highest BCUT2D eigenvalue weighted by atomic mass is 32.1. The van der Waals surface area contributed by atoms with Gasteiger partial charge in [0.2, 0.25) is 5.91 Å². The van der Waals surface area contributed by atoms with Crippen molar-refractivity contribution >= 4 is 27.5 Å². The molecule has 7 heteroatoms. The third-order valence-electron chi connectivity index (χ3n) is 4.12. The number of carbonyl (C=O) groups is 1. The van der Waals surface area contributed by atoms with Gasteiger partial charge in [0.1, 0.15) is 17.1 Å². The van der Waals surface area contributed by atoms with Gasteiger partial charge in [0.15, 0.2) is 0 Å². The van der Waals surface area contributed by atoms with Crippen LogP contribution in [0, 0.1) is 13.8 Å². The van der Waals surface area contributed by atoms with E-state index in [0.29, 0.717) is 11.9 Å². The number of amides is 1. The number of nitrogens with one attached hydrogen (secondary N) is 1. The lowest BCUT2D eigenvalue weighted by atomic mass is 10.2. The molecule has 1 aromatic carbocycles. The standard InChI is InChI=1S/C18H19N3O3S/c1-11-12(2)25-17-16(11)18(23)21(10-20-17)9-15(22)19-8-13-4-6-14(24-3)7-5-13/h4-7,10H,8-9H2,1-3H3,(H,19,22). The average molecular weight is 357 g/mol. The predicted octanol–water partition coefficient (Wildman–Crippen LogP) is 2.40. The van der Waals surface area contributed by atoms with Gasteiger partial charge in [-0.15, -0.1) is 11.3 Å². The van der Waals surface area contributed by atoms with E-state index in [2.05, 4.69) is 10.3 Å². The Kier molecular flexibility index (Phi) is 4.85. The van der Waals surface area contributed by atoms with Crippen LogP contribution in [0.2, 0.25) is 0 Å². The molecule has 0 saturated carbocycles. The Balaban J connectivity index is 1.70. The fourth-order valence-electron chi connectivity index (χ4n) is 2.54. The summed E-state index contributed by atoms with van der Waals surface area (Å²) in [6.07, 6.45) is 1.44. The van der Waals surface area contributed by atoms with Gasteiger partial charge in [-0.1, -0.05) is 12.1 Å². The van der Waals surface area contributed by atoms with Gasteiger partial charge in [0.25, 0.3) is 5.56 Å². The number of hydrogen-bond donors (Lipinski definition) is 1. The summed E-state index contributed by atoms with van der Waals surface area (Å²) in [6.45, 7) is 4.22. The van der Waals surface area contributed by atoms with Gasteiger partial charge in [-0.25, -0.2) is 4.98 Å². The summed E-state index contributed by atoms with van der Waals surface area (Å²) in [7, 11) is 1.61. The molecule has 25 heavy (non-hydrogen) atoms. The lowest BCUT2D eigenvalue weighted by molar-refractivity contribution is -0.121. The molecule has 1 N–H and O–H groups in total. The van der Waals surface area contributed by atoms with Gasteiger partial charge < -0.3 is 10.1 Å². The highest BCUT2D eigenvalue weighted by Crippen LogP contribution is 2.25. The molecule has 3 aromatic rings. The number of carbonyl (C=O) groups excluding carboxylic acids is 1. The minimum absolute atomic E-state index is 0.0493. The van der Waals surface area contributed by atoms with Crippen molar-refractivity contribution in [3.63, 3.8) is 0 Å². The van der Waals surface area contributed by atoms with E-state index in [1.807, 2.05) is 38.1 Å². The van der Waals surface area contributed by atoms with E-state index >= 15 is 0 Å². The molecule has 0 aliphatic rings. The van der Waals surface area contributed by atoms with Crippen LogP contribution < -0.4 is 15.6 Å². The summed E-state index contributed by atoms with van der Waals surface area (Å²) in [5.74, 6) is 0.533. The maximum absolute atomic E-state index is 12.6. The van der Waals surface area contributed by atoms with Gasteiger partial charge in [-0.2, -0.15) is 0 Å². The second-order valence-electron chi connectivity index (χ2n) is 5.77. The molecule has 0 spiro atoms. The Hall–Kier alpha value is -2.67. The number of rotatable bonds is 5. The number of fused-ring (bicyclic) bond motifs is 1. The normalized spacial score (nSPS) is 10.8. The average Bonchev–Trinajstić information content (AvgIpc) is 2.91. The molecule has 0 atom stereocenters. The molecule has 0 aliphatic heterocycles. The Morgan fingerprint density at radius 1 is 1.28 bits per heavy atom. The topological polar surface area (TPSA) is 73.2 Å². The monoisotopic (exact) mass is 357 g/mol. The van der Waals surface area contributed by atoms with Crippen molar-refractivity contribution in [1.29, 1.82) is 0 Å². The quantitative estimate of drug-likeness (QED) is 0.761. The van der Waals surface area contributed by atoms with Crippen molar-refractivity contribution in [3.05, 3.63) is 57.0 Å². The largest absolute Gasteiger partial charge is 0.497 e. The highest BCUT2D eigenvalue weighted by Gasteiger charge is 2.13. The number of aromatic nitrogens is 2. The molecule has 0 saturated heterocycles. The van der Waals surface area contributed by atoms with Gasteiger partial charge in [0, 0.05) is 11.4 Å². The fraction of sp³-hybridized carbons (Fsp3) is 0.278. The predicted molar refractivity (Wildman–Crippen MR) is 98.2 cm³/mol. The third-order valence-corrected chi connectivity index (χ3v) is 5.23. The number of benzene rings is 1. The molecule has 2 heterocycles. The van der Waals surface area contributed by atoms with Crippen molar-refractivity contribution in [2.75, 3.05) is 7.11 Å². The lowest BCUT2D eigenvalue weighted by Crippen LogP contribution is -2.32. The first-order chi connectivity index (χ1) is 12.0. The zero-order chi connectivity index (χ0) is 18.0. The summed E-state index contributed by atoms with van der Waals surface area (Å²) in [5.41, 5.74) is 1.72. The molecule has 6 nitrogen and oxygen atoms in total. The molecule has 2 aromatic heterocycles. The molecule has 0 radical (unpaired) electrons. The summed E-state index contributed by atoms with van der Waals surface area (Å²) in [4.78, 5) is 30.8. The van der Waals surface area contributed by atoms with E-state index in [1.54, 1.807) is 7.11 Å². The molecule has 0 aliphatic carbocycles. The Morgan fingerprint density at radius 3 is 2.68 bits per heavy atom. The van der Waals surface area contributed by atoms with E-state index in [4.69, 9.17) is 4.74 Å². The molecule has 0 fully saturated rings. The summed E-state index contributed by atoms with van der Waals surface area (Å²) < 4.78 is 6.45. The number of methoxy groups -OCH3 is 1. The number of nitrogens with zero attached hydrogens (tertiary/aromatic N) is 2. The Bertz CT molecular complexity index is 974. The van der Waals surface area contributed by atoms with Crippen molar-refractivity contribution in [1.82, 2.24) is 14.9 Å². The SMILES string of the molecule is COc1ccc(CNC(=O)Cn2cnc3sc(C)c(C)c3c2=O)cc1. The smallest absolute Gasteiger partial charge is 0.262 e. The van der Waals surface area contributed by atoms with Crippen molar-refractivity contribution in [3.8, 4) is 5.75 Å². The van der Waals surface area contributed by atoms with E-state index in [0.717, 1.165) is 26.6 Å². The maximum Gasteiger partial charge on any atom is 0.262 e. The third kappa shape index (κ3) is 3.56. The summed E-state index contributed by atoms with van der Waals surface area (Å²) in [5, 5.41) is 3.42.